The van der Waals surface area contributed by atoms with E-state index in [9.17, 15) is 4.79 Å². The number of thiocarbonyl (C=S) groups is 1. The maximum Gasteiger partial charge on any atom is 0.263 e. The van der Waals surface area contributed by atoms with Crippen LogP contribution in [-0.2, 0) is 4.79 Å². The van der Waals surface area contributed by atoms with Crippen molar-refractivity contribution in [1.29, 1.82) is 0 Å². The van der Waals surface area contributed by atoms with E-state index in [1.165, 1.54) is 11.8 Å². The number of rotatable bonds is 8. The smallest absolute Gasteiger partial charge is 0.263 e. The predicted molar refractivity (Wildman–Crippen MR) is 116 cm³/mol. The van der Waals surface area contributed by atoms with Crippen LogP contribution < -0.4 is 19.5 Å². The molecule has 1 aliphatic rings. The molecule has 0 atom stereocenters. The maximum absolute atomic E-state index is 11.8. The molecule has 5 nitrogen and oxygen atoms in total. The van der Waals surface area contributed by atoms with Crippen LogP contribution in [0.5, 0.6) is 17.2 Å². The van der Waals surface area contributed by atoms with Gasteiger partial charge in [-0.05, 0) is 48.0 Å². The Hall–Kier alpha value is -2.22. The van der Waals surface area contributed by atoms with Gasteiger partial charge in [0.2, 0.25) is 0 Å². The van der Waals surface area contributed by atoms with E-state index >= 15 is 0 Å². The molecule has 0 bridgehead atoms. The molecule has 1 heterocycles. The molecule has 0 saturated carbocycles. The van der Waals surface area contributed by atoms with Crippen molar-refractivity contribution in [1.82, 2.24) is 5.32 Å². The summed E-state index contributed by atoms with van der Waals surface area (Å²) in [5.74, 6) is 1.82. The largest absolute Gasteiger partial charge is 0.493 e. The molecular formula is C20H18ClNO4S2. The van der Waals surface area contributed by atoms with E-state index in [-0.39, 0.29) is 5.91 Å². The van der Waals surface area contributed by atoms with Gasteiger partial charge in [0.25, 0.3) is 5.91 Å². The highest BCUT2D eigenvalue weighted by molar-refractivity contribution is 8.26. The van der Waals surface area contributed by atoms with Crippen LogP contribution in [0.25, 0.3) is 6.08 Å². The second-order valence-corrected chi connectivity index (χ2v) is 7.92. The minimum absolute atomic E-state index is 0.185. The highest BCUT2D eigenvalue weighted by Crippen LogP contribution is 2.31. The first kappa shape index (κ1) is 20.5. The fraction of sp³-hybridized carbons (Fsp3) is 0.200. The zero-order valence-electron chi connectivity index (χ0n) is 15.1. The Morgan fingerprint density at radius 2 is 1.86 bits per heavy atom. The highest BCUT2D eigenvalue weighted by Gasteiger charge is 2.22. The first-order valence-corrected chi connectivity index (χ1v) is 10.1. The van der Waals surface area contributed by atoms with Gasteiger partial charge in [-0.3, -0.25) is 4.79 Å². The molecule has 1 aliphatic heterocycles. The molecule has 146 valence electrons. The first-order valence-electron chi connectivity index (χ1n) is 8.49. The monoisotopic (exact) mass is 435 g/mol. The van der Waals surface area contributed by atoms with Crippen molar-refractivity contribution < 1.29 is 19.0 Å². The topological polar surface area (TPSA) is 56.8 Å². The summed E-state index contributed by atoms with van der Waals surface area (Å²) in [6.07, 6.45) is 2.48. The number of hydrogen-bond donors (Lipinski definition) is 1. The number of methoxy groups -OCH3 is 1. The number of halogens is 1. The van der Waals surface area contributed by atoms with E-state index in [0.29, 0.717) is 45.4 Å². The molecule has 1 fully saturated rings. The number of thioether (sulfide) groups is 1. The van der Waals surface area contributed by atoms with E-state index in [4.69, 9.17) is 38.0 Å². The summed E-state index contributed by atoms with van der Waals surface area (Å²) in [7, 11) is 1.58. The normalized spacial score (nSPS) is 14.9. The Labute approximate surface area is 178 Å². The average Bonchev–Trinajstić information content (AvgIpc) is 3.00. The van der Waals surface area contributed by atoms with Crippen molar-refractivity contribution in [2.45, 2.75) is 6.42 Å². The molecule has 2 aromatic carbocycles. The van der Waals surface area contributed by atoms with Crippen molar-refractivity contribution in [2.75, 3.05) is 20.3 Å². The molecular weight excluding hydrogens is 418 g/mol. The number of carbonyl (C=O) groups is 1. The van der Waals surface area contributed by atoms with Crippen molar-refractivity contribution in [2.24, 2.45) is 0 Å². The molecule has 1 N–H and O–H groups in total. The third-order valence-electron chi connectivity index (χ3n) is 3.76. The second-order valence-electron chi connectivity index (χ2n) is 5.77. The van der Waals surface area contributed by atoms with E-state index < -0.39 is 0 Å². The minimum atomic E-state index is -0.185. The van der Waals surface area contributed by atoms with Crippen molar-refractivity contribution in [3.05, 3.63) is 58.0 Å². The Bertz CT molecular complexity index is 900. The van der Waals surface area contributed by atoms with Gasteiger partial charge < -0.3 is 19.5 Å². The zero-order valence-corrected chi connectivity index (χ0v) is 17.5. The van der Waals surface area contributed by atoms with Crippen molar-refractivity contribution in [3.63, 3.8) is 0 Å². The third-order valence-corrected chi connectivity index (χ3v) is 5.17. The molecule has 3 rings (SSSR count). The van der Waals surface area contributed by atoms with E-state index in [1.54, 1.807) is 25.3 Å². The predicted octanol–water partition coefficient (Wildman–Crippen LogP) is 4.69. The molecule has 0 radical (unpaired) electrons. The van der Waals surface area contributed by atoms with Crippen LogP contribution in [0.15, 0.2) is 47.4 Å². The first-order chi connectivity index (χ1) is 13.5. The van der Waals surface area contributed by atoms with Gasteiger partial charge >= 0.3 is 0 Å². The van der Waals surface area contributed by atoms with Crippen LogP contribution in [0.2, 0.25) is 5.02 Å². The van der Waals surface area contributed by atoms with Gasteiger partial charge in [0.1, 0.15) is 10.1 Å². The van der Waals surface area contributed by atoms with Gasteiger partial charge in [0, 0.05) is 11.4 Å². The SMILES string of the molecule is COc1cc(C=C2SC(=S)NC2=O)ccc1OCCCOc1ccc(Cl)cc1. The van der Waals surface area contributed by atoms with Gasteiger partial charge in [-0.15, -0.1) is 0 Å². The maximum atomic E-state index is 11.8. The van der Waals surface area contributed by atoms with Gasteiger partial charge in [-0.1, -0.05) is 41.6 Å². The van der Waals surface area contributed by atoms with Crippen LogP contribution in [0.1, 0.15) is 12.0 Å². The third kappa shape index (κ3) is 5.64. The quantitative estimate of drug-likeness (QED) is 0.369. The lowest BCUT2D eigenvalue weighted by Gasteiger charge is -2.12. The van der Waals surface area contributed by atoms with Gasteiger partial charge in [0.15, 0.2) is 11.5 Å². The van der Waals surface area contributed by atoms with E-state index in [2.05, 4.69) is 5.32 Å². The average molecular weight is 436 g/mol. The summed E-state index contributed by atoms with van der Waals surface area (Å²) in [6, 6.07) is 12.7. The number of nitrogens with one attached hydrogen (secondary N) is 1. The summed E-state index contributed by atoms with van der Waals surface area (Å²) in [5.41, 5.74) is 0.831. The van der Waals surface area contributed by atoms with Crippen LogP contribution in [0, 0.1) is 0 Å². The number of ether oxygens (including phenoxy) is 3. The van der Waals surface area contributed by atoms with Crippen LogP contribution in [0.4, 0.5) is 0 Å². The molecule has 0 aromatic heterocycles. The van der Waals surface area contributed by atoms with Crippen molar-refractivity contribution >= 4 is 51.9 Å². The second kappa shape index (κ2) is 9.82. The lowest BCUT2D eigenvalue weighted by atomic mass is 10.2. The summed E-state index contributed by atoms with van der Waals surface area (Å²) >= 11 is 12.1. The lowest BCUT2D eigenvalue weighted by molar-refractivity contribution is -0.115. The minimum Gasteiger partial charge on any atom is -0.493 e. The molecule has 1 amide bonds. The Kier molecular flexibility index (Phi) is 7.19. The lowest BCUT2D eigenvalue weighted by Crippen LogP contribution is -2.17. The summed E-state index contributed by atoms with van der Waals surface area (Å²) in [6.45, 7) is 1.01. The molecule has 8 heteroatoms. The summed E-state index contributed by atoms with van der Waals surface area (Å²) in [5, 5.41) is 3.27. The summed E-state index contributed by atoms with van der Waals surface area (Å²) in [4.78, 5) is 12.3. The standard InChI is InChI=1S/C20H18ClNO4S2/c1-24-17-11-13(12-18-19(23)22-20(27)28-18)3-8-16(17)26-10-2-9-25-15-6-4-14(21)5-7-15/h3-8,11-12H,2,9-10H2,1H3,(H,22,23,27). The van der Waals surface area contributed by atoms with Gasteiger partial charge in [-0.2, -0.15) is 0 Å². The molecule has 0 aliphatic carbocycles. The molecule has 1 saturated heterocycles. The van der Waals surface area contributed by atoms with Crippen LogP contribution in [-0.4, -0.2) is 30.6 Å². The highest BCUT2D eigenvalue weighted by atomic mass is 35.5. The molecule has 0 spiro atoms. The summed E-state index contributed by atoms with van der Waals surface area (Å²) < 4.78 is 17.3. The zero-order chi connectivity index (χ0) is 19.9. The number of hydrogen-bond acceptors (Lipinski definition) is 6. The van der Waals surface area contributed by atoms with Gasteiger partial charge in [0.05, 0.1) is 25.2 Å². The molecule has 28 heavy (non-hydrogen) atoms. The fourth-order valence-corrected chi connectivity index (χ4v) is 3.60. The fourth-order valence-electron chi connectivity index (χ4n) is 2.43. The number of benzene rings is 2. The van der Waals surface area contributed by atoms with Gasteiger partial charge in [-0.25, -0.2) is 0 Å². The Morgan fingerprint density at radius 1 is 1.11 bits per heavy atom. The molecule has 2 aromatic rings. The van der Waals surface area contributed by atoms with Crippen molar-refractivity contribution in [3.8, 4) is 17.2 Å². The Morgan fingerprint density at radius 3 is 2.54 bits per heavy atom. The number of amides is 1. The van der Waals surface area contributed by atoms with Crippen LogP contribution >= 0.6 is 35.6 Å². The van der Waals surface area contributed by atoms with E-state index in [1.807, 2.05) is 30.3 Å². The molecule has 0 unspecified atom stereocenters. The number of carbonyl (C=O) groups excluding carboxylic acids is 1. The van der Waals surface area contributed by atoms with Crippen LogP contribution in [0.3, 0.4) is 0 Å². The Balaban J connectivity index is 1.52. The van der Waals surface area contributed by atoms with E-state index in [0.717, 1.165) is 11.3 Å².